The molecule has 0 bridgehead atoms. The molecule has 8 heteroatoms. The molecule has 1 aromatic heterocycles. The lowest BCUT2D eigenvalue weighted by molar-refractivity contribution is 0.198. The first-order chi connectivity index (χ1) is 17.5. The van der Waals surface area contributed by atoms with Gasteiger partial charge in [0.05, 0.1) is 13.7 Å². The second kappa shape index (κ2) is 10.5. The maximum Gasteiger partial charge on any atom is 0.173 e. The fraction of sp³-hybridized carbons (Fsp3) is 0.321. The molecule has 1 fully saturated rings. The Labute approximate surface area is 211 Å². The van der Waals surface area contributed by atoms with Crippen molar-refractivity contribution in [1.29, 1.82) is 0 Å². The second-order valence-electron chi connectivity index (χ2n) is 9.28. The number of nitrogens with zero attached hydrogens (tertiary/aromatic N) is 6. The first-order valence-electron chi connectivity index (χ1n) is 12.2. The van der Waals surface area contributed by atoms with Gasteiger partial charge < -0.3 is 9.64 Å². The Kier molecular flexibility index (Phi) is 6.95. The van der Waals surface area contributed by atoms with Gasteiger partial charge in [-0.1, -0.05) is 42.5 Å². The van der Waals surface area contributed by atoms with Crippen molar-refractivity contribution in [1.82, 2.24) is 25.1 Å². The monoisotopic (exact) mass is 486 g/mol. The maximum atomic E-state index is 15.1. The molecule has 3 aromatic carbocycles. The molecule has 0 unspecified atom stereocenters. The average molecular weight is 487 g/mol. The smallest absolute Gasteiger partial charge is 0.173 e. The highest BCUT2D eigenvalue weighted by atomic mass is 19.1. The predicted octanol–water partition coefficient (Wildman–Crippen LogP) is 4.40. The minimum Gasteiger partial charge on any atom is -0.497 e. The zero-order valence-corrected chi connectivity index (χ0v) is 20.9. The van der Waals surface area contributed by atoms with E-state index in [1.54, 1.807) is 17.9 Å². The Morgan fingerprint density at radius 3 is 2.42 bits per heavy atom. The molecule has 4 aromatic rings. The zero-order valence-electron chi connectivity index (χ0n) is 20.9. The van der Waals surface area contributed by atoms with E-state index in [0.29, 0.717) is 17.9 Å². The molecule has 1 saturated heterocycles. The Morgan fingerprint density at radius 2 is 1.69 bits per heavy atom. The number of rotatable bonds is 7. The molecule has 2 heterocycles. The van der Waals surface area contributed by atoms with Crippen molar-refractivity contribution in [3.63, 3.8) is 0 Å². The number of piperazine rings is 1. The molecule has 36 heavy (non-hydrogen) atoms. The van der Waals surface area contributed by atoms with Crippen molar-refractivity contribution in [2.75, 3.05) is 38.2 Å². The third kappa shape index (κ3) is 4.95. The van der Waals surface area contributed by atoms with E-state index >= 15 is 4.39 Å². The quantitative estimate of drug-likeness (QED) is 0.386. The number of aryl methyl sites for hydroxylation is 2. The highest BCUT2D eigenvalue weighted by Gasteiger charge is 2.32. The number of aromatic nitrogens is 4. The van der Waals surface area contributed by atoms with E-state index in [0.717, 1.165) is 37.5 Å². The van der Waals surface area contributed by atoms with Crippen LogP contribution in [0, 0.1) is 19.7 Å². The first kappa shape index (κ1) is 23.9. The van der Waals surface area contributed by atoms with Crippen LogP contribution in [-0.4, -0.2) is 58.4 Å². The molecular weight excluding hydrogens is 455 g/mol. The van der Waals surface area contributed by atoms with Crippen LogP contribution in [-0.2, 0) is 6.54 Å². The molecule has 0 N–H and O–H groups in total. The van der Waals surface area contributed by atoms with Gasteiger partial charge in [0.1, 0.15) is 17.6 Å². The summed E-state index contributed by atoms with van der Waals surface area (Å²) in [6.07, 6.45) is 0. The van der Waals surface area contributed by atoms with E-state index in [9.17, 15) is 0 Å². The summed E-state index contributed by atoms with van der Waals surface area (Å²) in [5, 5.41) is 12.7. The van der Waals surface area contributed by atoms with Gasteiger partial charge in [0.25, 0.3) is 0 Å². The fourth-order valence-electron chi connectivity index (χ4n) is 4.90. The van der Waals surface area contributed by atoms with Gasteiger partial charge in [0.2, 0.25) is 0 Å². The number of hydrogen-bond donors (Lipinski definition) is 0. The van der Waals surface area contributed by atoms with Crippen LogP contribution in [0.25, 0.3) is 0 Å². The lowest BCUT2D eigenvalue weighted by Crippen LogP contribution is -2.48. The molecule has 1 aliphatic rings. The van der Waals surface area contributed by atoms with Crippen LogP contribution in [0.5, 0.6) is 5.75 Å². The second-order valence-corrected chi connectivity index (χ2v) is 9.28. The summed E-state index contributed by atoms with van der Waals surface area (Å²) in [7, 11) is 1.65. The maximum absolute atomic E-state index is 15.1. The molecular formula is C28H31FN6O. The normalized spacial score (nSPS) is 15.2. The van der Waals surface area contributed by atoms with Crippen LogP contribution >= 0.6 is 0 Å². The standard InChI is InChI=1S/C28H31FN6O/c1-20-8-9-21(2)26(18-20)33-14-16-34(17-15-33)27(24-6-4-5-7-25(24)29)28-30-31-32-35(28)19-22-10-12-23(36-3)13-11-22/h4-13,18,27H,14-17,19H2,1-3H3/t27-/m0/s1. The van der Waals surface area contributed by atoms with Crippen LogP contribution in [0.1, 0.15) is 34.1 Å². The number of hydrogen-bond acceptors (Lipinski definition) is 6. The molecule has 7 nitrogen and oxygen atoms in total. The lowest BCUT2D eigenvalue weighted by atomic mass is 10.0. The minimum atomic E-state index is -0.389. The van der Waals surface area contributed by atoms with E-state index in [1.165, 1.54) is 22.9 Å². The highest BCUT2D eigenvalue weighted by Crippen LogP contribution is 2.32. The summed E-state index contributed by atoms with van der Waals surface area (Å²) in [6.45, 7) is 7.97. The van der Waals surface area contributed by atoms with E-state index in [1.807, 2.05) is 36.4 Å². The lowest BCUT2D eigenvalue weighted by Gasteiger charge is -2.40. The number of tetrazole rings is 1. The van der Waals surface area contributed by atoms with E-state index in [-0.39, 0.29) is 11.9 Å². The molecule has 0 amide bonds. The Bertz CT molecular complexity index is 1310. The van der Waals surface area contributed by atoms with Crippen LogP contribution < -0.4 is 9.64 Å². The zero-order chi connectivity index (χ0) is 25.1. The first-order valence-corrected chi connectivity index (χ1v) is 12.2. The molecule has 186 valence electrons. The van der Waals surface area contributed by atoms with Crippen LogP contribution in [0.4, 0.5) is 10.1 Å². The summed E-state index contributed by atoms with van der Waals surface area (Å²) in [4.78, 5) is 4.70. The highest BCUT2D eigenvalue weighted by molar-refractivity contribution is 5.55. The van der Waals surface area contributed by atoms with E-state index in [2.05, 4.69) is 57.4 Å². The van der Waals surface area contributed by atoms with Gasteiger partial charge in [-0.3, -0.25) is 4.90 Å². The van der Waals surface area contributed by atoms with Crippen molar-refractivity contribution in [3.05, 3.63) is 101 Å². The van der Waals surface area contributed by atoms with Gasteiger partial charge >= 0.3 is 0 Å². The van der Waals surface area contributed by atoms with Crippen LogP contribution in [0.15, 0.2) is 66.7 Å². The van der Waals surface area contributed by atoms with Crippen molar-refractivity contribution >= 4 is 5.69 Å². The molecule has 0 aliphatic carbocycles. The largest absolute Gasteiger partial charge is 0.497 e. The number of anilines is 1. The van der Waals surface area contributed by atoms with Gasteiger partial charge in [-0.2, -0.15) is 0 Å². The van der Waals surface area contributed by atoms with Gasteiger partial charge in [-0.25, -0.2) is 9.07 Å². The molecule has 5 rings (SSSR count). The van der Waals surface area contributed by atoms with Crippen LogP contribution in [0.3, 0.4) is 0 Å². The summed E-state index contributed by atoms with van der Waals surface area (Å²) < 4.78 is 22.2. The van der Waals surface area contributed by atoms with Gasteiger partial charge in [-0.05, 0) is 65.2 Å². The average Bonchev–Trinajstić information content (AvgIpc) is 3.35. The SMILES string of the molecule is COc1ccc(Cn2nnnc2[C@H](c2ccccc2F)N2CCN(c3cc(C)ccc3C)CC2)cc1. The third-order valence-electron chi connectivity index (χ3n) is 6.88. The van der Waals surface area contributed by atoms with Gasteiger partial charge in [-0.15, -0.1) is 5.10 Å². The number of benzene rings is 3. The van der Waals surface area contributed by atoms with Crippen molar-refractivity contribution in [2.45, 2.75) is 26.4 Å². The Morgan fingerprint density at radius 1 is 0.944 bits per heavy atom. The summed E-state index contributed by atoms with van der Waals surface area (Å²) in [6, 6.07) is 20.9. The molecule has 1 atom stereocenters. The summed E-state index contributed by atoms with van der Waals surface area (Å²) in [5.41, 5.74) is 5.41. The summed E-state index contributed by atoms with van der Waals surface area (Å²) in [5.74, 6) is 1.18. The van der Waals surface area contributed by atoms with E-state index in [4.69, 9.17) is 4.74 Å². The molecule has 0 spiro atoms. The van der Waals surface area contributed by atoms with Crippen molar-refractivity contribution in [2.24, 2.45) is 0 Å². The molecule has 1 aliphatic heterocycles. The Hall–Kier alpha value is -3.78. The predicted molar refractivity (Wildman–Crippen MR) is 138 cm³/mol. The number of ether oxygens (including phenoxy) is 1. The van der Waals surface area contributed by atoms with Gasteiger partial charge in [0.15, 0.2) is 5.82 Å². The fourth-order valence-corrected chi connectivity index (χ4v) is 4.90. The summed E-state index contributed by atoms with van der Waals surface area (Å²) >= 11 is 0. The van der Waals surface area contributed by atoms with Crippen molar-refractivity contribution in [3.8, 4) is 5.75 Å². The molecule has 0 saturated carbocycles. The van der Waals surface area contributed by atoms with E-state index < -0.39 is 0 Å². The molecule has 0 radical (unpaired) electrons. The number of halogens is 1. The minimum absolute atomic E-state index is 0.251. The van der Waals surface area contributed by atoms with Crippen molar-refractivity contribution < 1.29 is 9.13 Å². The topological polar surface area (TPSA) is 59.3 Å². The third-order valence-corrected chi connectivity index (χ3v) is 6.88. The number of methoxy groups -OCH3 is 1. The van der Waals surface area contributed by atoms with Crippen LogP contribution in [0.2, 0.25) is 0 Å². The van der Waals surface area contributed by atoms with Gasteiger partial charge in [0, 0.05) is 37.4 Å². The Balaban J connectivity index is 1.43.